The van der Waals surface area contributed by atoms with Gasteiger partial charge in [0.15, 0.2) is 0 Å². The molecule has 112 valence electrons. The largest absolute Gasteiger partial charge is 0.387 e. The lowest BCUT2D eigenvalue weighted by atomic mass is 9.96. The van der Waals surface area contributed by atoms with Crippen LogP contribution in [-0.4, -0.2) is 18.2 Å². The maximum Gasteiger partial charge on any atom is 0.0914 e. The molecule has 1 unspecified atom stereocenters. The molecule has 0 fully saturated rings. The Balaban J connectivity index is 1.62. The molecule has 2 heteroatoms. The van der Waals surface area contributed by atoms with E-state index in [9.17, 15) is 5.11 Å². The third-order valence-electron chi connectivity index (χ3n) is 3.88. The highest BCUT2D eigenvalue weighted by molar-refractivity contribution is 5.18. The molecule has 2 atom stereocenters. The smallest absolute Gasteiger partial charge is 0.0914 e. The summed E-state index contributed by atoms with van der Waals surface area (Å²) in [5.41, 5.74) is 2.38. The molecule has 0 radical (unpaired) electrons. The number of aliphatic hydroxyl groups is 1. The van der Waals surface area contributed by atoms with Crippen molar-refractivity contribution in [3.8, 4) is 0 Å². The van der Waals surface area contributed by atoms with Gasteiger partial charge in [0.1, 0.15) is 0 Å². The van der Waals surface area contributed by atoms with Crippen molar-refractivity contribution < 1.29 is 5.11 Å². The van der Waals surface area contributed by atoms with Gasteiger partial charge in [-0.15, -0.1) is 0 Å². The first kappa shape index (κ1) is 15.7. The number of nitrogens with one attached hydrogen (secondary N) is 1. The third-order valence-corrected chi connectivity index (χ3v) is 3.88. The van der Waals surface area contributed by atoms with Gasteiger partial charge in [0, 0.05) is 6.54 Å². The Hall–Kier alpha value is -1.64. The molecule has 0 amide bonds. The van der Waals surface area contributed by atoms with Crippen LogP contribution in [0.2, 0.25) is 0 Å². The lowest BCUT2D eigenvalue weighted by molar-refractivity contribution is 0.174. The minimum absolute atomic E-state index is 0.419. The van der Waals surface area contributed by atoms with Crippen molar-refractivity contribution in [1.82, 2.24) is 5.32 Å². The van der Waals surface area contributed by atoms with Gasteiger partial charge < -0.3 is 10.4 Å². The van der Waals surface area contributed by atoms with Crippen LogP contribution in [0.4, 0.5) is 0 Å². The standard InChI is InChI=1S/C19H25NO/c1-16(17-10-4-2-5-11-17)9-8-14-20-15-19(21)18-12-6-3-7-13-18/h2-7,10-13,16,19-21H,8-9,14-15H2,1H3/t16?,19-/m0/s1. The second-order valence-corrected chi connectivity index (χ2v) is 5.58. The zero-order chi connectivity index (χ0) is 14.9. The SMILES string of the molecule is CC(CCCNC[C@H](O)c1ccccc1)c1ccccc1. The molecule has 0 aliphatic heterocycles. The van der Waals surface area contributed by atoms with Gasteiger partial charge in [-0.2, -0.15) is 0 Å². The summed E-state index contributed by atoms with van der Waals surface area (Å²) in [7, 11) is 0. The van der Waals surface area contributed by atoms with E-state index in [-0.39, 0.29) is 0 Å². The molecule has 0 spiro atoms. The van der Waals surface area contributed by atoms with E-state index >= 15 is 0 Å². The molecule has 2 nitrogen and oxygen atoms in total. The summed E-state index contributed by atoms with van der Waals surface area (Å²) in [4.78, 5) is 0. The summed E-state index contributed by atoms with van der Waals surface area (Å²) in [6.07, 6.45) is 1.87. The van der Waals surface area contributed by atoms with E-state index in [4.69, 9.17) is 0 Å². The van der Waals surface area contributed by atoms with Gasteiger partial charge in [-0.1, -0.05) is 67.6 Å². The second kappa shape index (κ2) is 8.60. The summed E-state index contributed by atoms with van der Waals surface area (Å²) < 4.78 is 0. The van der Waals surface area contributed by atoms with E-state index in [0.717, 1.165) is 18.5 Å². The van der Waals surface area contributed by atoms with Gasteiger partial charge in [-0.3, -0.25) is 0 Å². The predicted octanol–water partition coefficient (Wildman–Crippen LogP) is 3.89. The fraction of sp³-hybridized carbons (Fsp3) is 0.368. The maximum absolute atomic E-state index is 10.0. The molecule has 2 aromatic carbocycles. The fourth-order valence-electron chi connectivity index (χ4n) is 2.51. The minimum Gasteiger partial charge on any atom is -0.387 e. The number of hydrogen-bond acceptors (Lipinski definition) is 2. The quantitative estimate of drug-likeness (QED) is 0.720. The summed E-state index contributed by atoms with van der Waals surface area (Å²) in [6.45, 7) is 3.83. The van der Waals surface area contributed by atoms with Crippen molar-refractivity contribution in [2.75, 3.05) is 13.1 Å². The van der Waals surface area contributed by atoms with Crippen molar-refractivity contribution in [2.24, 2.45) is 0 Å². The monoisotopic (exact) mass is 283 g/mol. The van der Waals surface area contributed by atoms with Gasteiger partial charge in [0.25, 0.3) is 0 Å². The third kappa shape index (κ3) is 5.33. The Kier molecular flexibility index (Phi) is 6.45. The molecule has 0 saturated carbocycles. The Morgan fingerprint density at radius 1 is 0.905 bits per heavy atom. The highest BCUT2D eigenvalue weighted by Crippen LogP contribution is 2.19. The lowest BCUT2D eigenvalue weighted by Gasteiger charge is -2.14. The predicted molar refractivity (Wildman–Crippen MR) is 88.4 cm³/mol. The van der Waals surface area contributed by atoms with Crippen molar-refractivity contribution >= 4 is 0 Å². The van der Waals surface area contributed by atoms with Crippen LogP contribution >= 0.6 is 0 Å². The van der Waals surface area contributed by atoms with Crippen LogP contribution in [0.15, 0.2) is 60.7 Å². The summed E-state index contributed by atoms with van der Waals surface area (Å²) in [5, 5.41) is 13.4. The van der Waals surface area contributed by atoms with Gasteiger partial charge in [0.2, 0.25) is 0 Å². The first-order valence-corrected chi connectivity index (χ1v) is 7.76. The molecule has 0 saturated heterocycles. The summed E-state index contributed by atoms with van der Waals surface area (Å²) >= 11 is 0. The van der Waals surface area contributed by atoms with Gasteiger partial charge in [-0.05, 0) is 36.4 Å². The molecular formula is C19H25NO. The van der Waals surface area contributed by atoms with Gasteiger partial charge in [-0.25, -0.2) is 0 Å². The topological polar surface area (TPSA) is 32.3 Å². The van der Waals surface area contributed by atoms with Crippen LogP contribution in [0.25, 0.3) is 0 Å². The first-order chi connectivity index (χ1) is 10.3. The first-order valence-electron chi connectivity index (χ1n) is 7.76. The Bertz CT molecular complexity index is 450. The Labute approximate surface area is 127 Å². The highest BCUT2D eigenvalue weighted by atomic mass is 16.3. The van der Waals surface area contributed by atoms with Crippen molar-refractivity contribution in [1.29, 1.82) is 0 Å². The minimum atomic E-state index is -0.419. The zero-order valence-corrected chi connectivity index (χ0v) is 12.7. The molecular weight excluding hydrogens is 258 g/mol. The van der Waals surface area contributed by atoms with Crippen LogP contribution in [0.5, 0.6) is 0 Å². The normalized spacial score (nSPS) is 13.8. The van der Waals surface area contributed by atoms with Crippen LogP contribution < -0.4 is 5.32 Å². The number of aliphatic hydroxyl groups excluding tert-OH is 1. The van der Waals surface area contributed by atoms with E-state index in [1.54, 1.807) is 0 Å². The Morgan fingerprint density at radius 2 is 1.48 bits per heavy atom. The van der Waals surface area contributed by atoms with Gasteiger partial charge in [0.05, 0.1) is 6.10 Å². The van der Waals surface area contributed by atoms with E-state index in [1.165, 1.54) is 12.0 Å². The highest BCUT2D eigenvalue weighted by Gasteiger charge is 2.07. The van der Waals surface area contributed by atoms with Crippen molar-refractivity contribution in [3.63, 3.8) is 0 Å². The lowest BCUT2D eigenvalue weighted by Crippen LogP contribution is -2.22. The zero-order valence-electron chi connectivity index (χ0n) is 12.7. The molecule has 0 bridgehead atoms. The van der Waals surface area contributed by atoms with Crippen LogP contribution in [0.1, 0.15) is 42.9 Å². The molecule has 2 N–H and O–H groups in total. The van der Waals surface area contributed by atoms with Crippen LogP contribution in [0, 0.1) is 0 Å². The number of hydrogen-bond donors (Lipinski definition) is 2. The molecule has 2 rings (SSSR count). The molecule has 0 heterocycles. The maximum atomic E-state index is 10.0. The molecule has 21 heavy (non-hydrogen) atoms. The van der Waals surface area contributed by atoms with Gasteiger partial charge >= 0.3 is 0 Å². The van der Waals surface area contributed by atoms with Crippen LogP contribution in [-0.2, 0) is 0 Å². The van der Waals surface area contributed by atoms with E-state index in [2.05, 4.69) is 42.6 Å². The molecule has 0 aromatic heterocycles. The molecule has 0 aliphatic carbocycles. The molecule has 0 aliphatic rings. The molecule has 2 aromatic rings. The van der Waals surface area contributed by atoms with E-state index in [1.807, 2.05) is 30.3 Å². The van der Waals surface area contributed by atoms with Crippen molar-refractivity contribution in [3.05, 3.63) is 71.8 Å². The summed E-state index contributed by atoms with van der Waals surface area (Å²) in [6, 6.07) is 20.4. The number of benzene rings is 2. The summed E-state index contributed by atoms with van der Waals surface area (Å²) in [5.74, 6) is 0.590. The average molecular weight is 283 g/mol. The van der Waals surface area contributed by atoms with Crippen molar-refractivity contribution in [2.45, 2.75) is 31.8 Å². The van der Waals surface area contributed by atoms with E-state index < -0.39 is 6.10 Å². The second-order valence-electron chi connectivity index (χ2n) is 5.58. The number of rotatable bonds is 8. The van der Waals surface area contributed by atoms with E-state index in [0.29, 0.717) is 12.5 Å². The Morgan fingerprint density at radius 3 is 2.10 bits per heavy atom. The van der Waals surface area contributed by atoms with Crippen LogP contribution in [0.3, 0.4) is 0 Å². The average Bonchev–Trinajstić information content (AvgIpc) is 2.55. The fourth-order valence-corrected chi connectivity index (χ4v) is 2.51.